The van der Waals surface area contributed by atoms with Crippen molar-refractivity contribution in [2.75, 3.05) is 33.4 Å². The molecule has 168 valence electrons. The summed E-state index contributed by atoms with van der Waals surface area (Å²) in [7, 11) is 1.60. The Kier molecular flexibility index (Phi) is 7.97. The van der Waals surface area contributed by atoms with Gasteiger partial charge in [-0.05, 0) is 73.3 Å². The third-order valence-corrected chi connectivity index (χ3v) is 5.67. The first kappa shape index (κ1) is 23.1. The second kappa shape index (κ2) is 10.7. The first-order valence-electron chi connectivity index (χ1n) is 11.2. The van der Waals surface area contributed by atoms with Gasteiger partial charge in [0.15, 0.2) is 0 Å². The molecule has 5 heteroatoms. The lowest BCUT2D eigenvalue weighted by atomic mass is 9.87. The van der Waals surface area contributed by atoms with Gasteiger partial charge < -0.3 is 14.2 Å². The molecule has 0 aromatic heterocycles. The topological polar surface area (TPSA) is 48.0 Å². The van der Waals surface area contributed by atoms with Crippen molar-refractivity contribution in [1.29, 1.82) is 0 Å². The van der Waals surface area contributed by atoms with E-state index in [1.54, 1.807) is 31.4 Å². The van der Waals surface area contributed by atoms with E-state index in [1.165, 1.54) is 24.8 Å². The molecule has 1 atom stereocenters. The van der Waals surface area contributed by atoms with Crippen LogP contribution in [0.15, 0.2) is 48.5 Å². The van der Waals surface area contributed by atoms with E-state index in [0.717, 1.165) is 18.8 Å². The normalized spacial score (nSPS) is 15.9. The summed E-state index contributed by atoms with van der Waals surface area (Å²) in [5, 5.41) is 0. The number of hydrogen-bond acceptors (Lipinski definition) is 5. The van der Waals surface area contributed by atoms with E-state index in [2.05, 4.69) is 37.8 Å². The van der Waals surface area contributed by atoms with Crippen LogP contribution >= 0.6 is 0 Å². The molecule has 0 saturated carbocycles. The third kappa shape index (κ3) is 7.00. The van der Waals surface area contributed by atoms with Gasteiger partial charge in [-0.25, -0.2) is 4.79 Å². The minimum Gasteiger partial charge on any atom is -0.497 e. The van der Waals surface area contributed by atoms with Crippen molar-refractivity contribution >= 4 is 5.97 Å². The van der Waals surface area contributed by atoms with E-state index in [1.807, 2.05) is 12.1 Å². The predicted octanol–water partition coefficient (Wildman–Crippen LogP) is 5.08. The van der Waals surface area contributed by atoms with E-state index in [4.69, 9.17) is 14.2 Å². The van der Waals surface area contributed by atoms with Crippen molar-refractivity contribution in [3.05, 3.63) is 59.7 Å². The zero-order valence-electron chi connectivity index (χ0n) is 19.2. The minimum absolute atomic E-state index is 0.100. The molecule has 1 unspecified atom stereocenters. The Bertz CT molecular complexity index is 818. The Morgan fingerprint density at radius 2 is 1.55 bits per heavy atom. The van der Waals surface area contributed by atoms with Gasteiger partial charge in [-0.15, -0.1) is 0 Å². The second-order valence-corrected chi connectivity index (χ2v) is 9.20. The Labute approximate surface area is 186 Å². The zero-order valence-corrected chi connectivity index (χ0v) is 19.2. The van der Waals surface area contributed by atoms with Gasteiger partial charge in [0, 0.05) is 6.54 Å². The number of carbonyl (C=O) groups excluding carboxylic acids is 1. The standard InChI is InChI=1S/C26H35NO4/c1-26(2,3)21-10-14-23(15-11-21)30-19-24(18-27-16-6-5-7-17-27)31-25(28)20-8-12-22(29-4)13-9-20/h8-15,24H,5-7,16-19H2,1-4H3. The molecule has 5 nitrogen and oxygen atoms in total. The highest BCUT2D eigenvalue weighted by molar-refractivity contribution is 5.89. The summed E-state index contributed by atoms with van der Waals surface area (Å²) in [5.41, 5.74) is 1.87. The Hall–Kier alpha value is -2.53. The predicted molar refractivity (Wildman–Crippen MR) is 123 cm³/mol. The molecule has 2 aromatic rings. The molecule has 0 spiro atoms. The van der Waals surface area contributed by atoms with Gasteiger partial charge in [0.05, 0.1) is 12.7 Å². The van der Waals surface area contributed by atoms with Crippen LogP contribution in [0.5, 0.6) is 11.5 Å². The lowest BCUT2D eigenvalue weighted by Gasteiger charge is -2.30. The first-order chi connectivity index (χ1) is 14.8. The number of benzene rings is 2. The molecule has 1 saturated heterocycles. The van der Waals surface area contributed by atoms with Gasteiger partial charge in [0.1, 0.15) is 24.2 Å². The fourth-order valence-corrected chi connectivity index (χ4v) is 3.74. The van der Waals surface area contributed by atoms with Gasteiger partial charge >= 0.3 is 5.97 Å². The van der Waals surface area contributed by atoms with Crippen LogP contribution in [0, 0.1) is 0 Å². The molecular formula is C26H35NO4. The second-order valence-electron chi connectivity index (χ2n) is 9.20. The van der Waals surface area contributed by atoms with Crippen LogP contribution in [0.1, 0.15) is 56.0 Å². The van der Waals surface area contributed by atoms with Crippen LogP contribution in [-0.2, 0) is 10.2 Å². The maximum absolute atomic E-state index is 12.7. The van der Waals surface area contributed by atoms with Gasteiger partial charge in [-0.3, -0.25) is 4.90 Å². The third-order valence-electron chi connectivity index (χ3n) is 5.67. The van der Waals surface area contributed by atoms with Gasteiger partial charge in [-0.2, -0.15) is 0 Å². The SMILES string of the molecule is COc1ccc(C(=O)OC(COc2ccc(C(C)(C)C)cc2)CN2CCCCC2)cc1. The molecule has 0 aliphatic carbocycles. The molecule has 31 heavy (non-hydrogen) atoms. The molecular weight excluding hydrogens is 390 g/mol. The summed E-state index contributed by atoms with van der Waals surface area (Å²) < 4.78 is 17.1. The zero-order chi connectivity index (χ0) is 22.3. The van der Waals surface area contributed by atoms with Crippen molar-refractivity contribution in [3.63, 3.8) is 0 Å². The number of methoxy groups -OCH3 is 1. The van der Waals surface area contributed by atoms with Crippen molar-refractivity contribution in [2.24, 2.45) is 0 Å². The van der Waals surface area contributed by atoms with Gasteiger partial charge in [0.25, 0.3) is 0 Å². The summed E-state index contributed by atoms with van der Waals surface area (Å²) in [4.78, 5) is 15.1. The fourth-order valence-electron chi connectivity index (χ4n) is 3.74. The molecule has 0 radical (unpaired) electrons. The fraction of sp³-hybridized carbons (Fsp3) is 0.500. The monoisotopic (exact) mass is 425 g/mol. The van der Waals surface area contributed by atoms with Crippen LogP contribution in [0.4, 0.5) is 0 Å². The van der Waals surface area contributed by atoms with Crippen LogP contribution in [0.2, 0.25) is 0 Å². The average Bonchev–Trinajstić information content (AvgIpc) is 2.78. The van der Waals surface area contributed by atoms with Crippen molar-refractivity contribution in [3.8, 4) is 11.5 Å². The number of hydrogen-bond donors (Lipinski definition) is 0. The van der Waals surface area contributed by atoms with Gasteiger partial charge in [0.2, 0.25) is 0 Å². The van der Waals surface area contributed by atoms with Crippen LogP contribution in [0.3, 0.4) is 0 Å². The summed E-state index contributed by atoms with van der Waals surface area (Å²) in [6.07, 6.45) is 3.31. The summed E-state index contributed by atoms with van der Waals surface area (Å²) >= 11 is 0. The van der Waals surface area contributed by atoms with Crippen LogP contribution in [0.25, 0.3) is 0 Å². The molecule has 0 amide bonds. The van der Waals surface area contributed by atoms with Crippen LogP contribution < -0.4 is 9.47 Å². The van der Waals surface area contributed by atoms with E-state index in [9.17, 15) is 4.79 Å². The highest BCUT2D eigenvalue weighted by Gasteiger charge is 2.22. The summed E-state index contributed by atoms with van der Waals surface area (Å²) in [6, 6.07) is 15.2. The van der Waals surface area contributed by atoms with E-state index < -0.39 is 0 Å². The first-order valence-corrected chi connectivity index (χ1v) is 11.2. The minimum atomic E-state index is -0.338. The molecule has 1 fully saturated rings. The van der Waals surface area contributed by atoms with E-state index in [-0.39, 0.29) is 17.5 Å². The molecule has 1 heterocycles. The molecule has 3 rings (SSSR count). The number of nitrogens with zero attached hydrogens (tertiary/aromatic N) is 1. The lowest BCUT2D eigenvalue weighted by molar-refractivity contribution is 0.00391. The van der Waals surface area contributed by atoms with Crippen LogP contribution in [-0.4, -0.2) is 50.3 Å². The van der Waals surface area contributed by atoms with Crippen molar-refractivity contribution in [2.45, 2.75) is 51.6 Å². The Morgan fingerprint density at radius 3 is 2.13 bits per heavy atom. The maximum atomic E-state index is 12.7. The molecule has 1 aliphatic rings. The Morgan fingerprint density at radius 1 is 0.935 bits per heavy atom. The van der Waals surface area contributed by atoms with E-state index >= 15 is 0 Å². The number of likely N-dealkylation sites (tertiary alicyclic amines) is 1. The highest BCUT2D eigenvalue weighted by Crippen LogP contribution is 2.24. The Balaban J connectivity index is 1.64. The molecule has 0 bridgehead atoms. The molecule has 1 aliphatic heterocycles. The maximum Gasteiger partial charge on any atom is 0.338 e. The average molecular weight is 426 g/mol. The van der Waals surface area contributed by atoms with Gasteiger partial charge in [-0.1, -0.05) is 39.3 Å². The van der Waals surface area contributed by atoms with Crippen molar-refractivity contribution < 1.29 is 19.0 Å². The lowest BCUT2D eigenvalue weighted by Crippen LogP contribution is -2.41. The number of rotatable bonds is 8. The number of ether oxygens (including phenoxy) is 3. The smallest absolute Gasteiger partial charge is 0.338 e. The number of piperidine rings is 1. The quantitative estimate of drug-likeness (QED) is 0.552. The molecule has 2 aromatic carbocycles. The molecule has 0 N–H and O–H groups in total. The van der Waals surface area contributed by atoms with E-state index in [0.29, 0.717) is 24.5 Å². The summed E-state index contributed by atoms with van der Waals surface area (Å²) in [6.45, 7) is 9.66. The van der Waals surface area contributed by atoms with Crippen molar-refractivity contribution in [1.82, 2.24) is 4.90 Å². The number of esters is 1. The highest BCUT2D eigenvalue weighted by atomic mass is 16.6. The number of carbonyl (C=O) groups is 1. The largest absolute Gasteiger partial charge is 0.497 e. The summed E-state index contributed by atoms with van der Waals surface area (Å²) in [5.74, 6) is 1.16.